The summed E-state index contributed by atoms with van der Waals surface area (Å²) in [6.07, 6.45) is 0.529. The van der Waals surface area contributed by atoms with E-state index in [1.807, 2.05) is 0 Å². The van der Waals surface area contributed by atoms with Crippen molar-refractivity contribution in [2.24, 2.45) is 0 Å². The van der Waals surface area contributed by atoms with Crippen LogP contribution in [-0.4, -0.2) is 36.7 Å². The van der Waals surface area contributed by atoms with Crippen molar-refractivity contribution >= 4 is 17.5 Å². The van der Waals surface area contributed by atoms with Crippen LogP contribution in [0.2, 0.25) is 0 Å². The molecule has 1 rings (SSSR count). The molecular formula is C12H15ClFNO3. The van der Waals surface area contributed by atoms with Gasteiger partial charge in [-0.05, 0) is 18.6 Å². The topological polar surface area (TPSA) is 58.6 Å². The lowest BCUT2D eigenvalue weighted by Gasteiger charge is -2.16. The molecule has 0 fully saturated rings. The number of rotatable bonds is 6. The molecule has 0 heterocycles. The highest BCUT2D eigenvalue weighted by atomic mass is 35.5. The van der Waals surface area contributed by atoms with Gasteiger partial charge in [0, 0.05) is 19.1 Å². The molecule has 6 heteroatoms. The van der Waals surface area contributed by atoms with Crippen molar-refractivity contribution in [2.75, 3.05) is 19.6 Å². The third kappa shape index (κ3) is 4.16. The van der Waals surface area contributed by atoms with E-state index in [2.05, 4.69) is 5.32 Å². The second kappa shape index (κ2) is 7.18. The van der Waals surface area contributed by atoms with Gasteiger partial charge < -0.3 is 15.2 Å². The van der Waals surface area contributed by atoms with Gasteiger partial charge in [0.1, 0.15) is 11.6 Å². The fourth-order valence-corrected chi connectivity index (χ4v) is 1.74. The maximum Gasteiger partial charge on any atom is 0.254 e. The first-order valence-electron chi connectivity index (χ1n) is 5.42. The van der Waals surface area contributed by atoms with Gasteiger partial charge in [-0.25, -0.2) is 4.39 Å². The number of phenolic OH excluding ortho intramolecular Hbond substituents is 1. The predicted octanol–water partition coefficient (Wildman–Crippen LogP) is 1.91. The number of carbonyl (C=O) groups excluding carboxylic acids is 1. The number of carbonyl (C=O) groups is 1. The minimum atomic E-state index is -0.769. The van der Waals surface area contributed by atoms with Gasteiger partial charge in [0.2, 0.25) is 0 Å². The summed E-state index contributed by atoms with van der Waals surface area (Å²) >= 11 is 5.60. The second-order valence-electron chi connectivity index (χ2n) is 3.77. The maximum atomic E-state index is 13.4. The summed E-state index contributed by atoms with van der Waals surface area (Å²) in [7, 11) is 1.51. The Kier molecular flexibility index (Phi) is 5.88. The number of hydrogen-bond donors (Lipinski definition) is 2. The van der Waals surface area contributed by atoms with Crippen molar-refractivity contribution in [3.05, 3.63) is 29.6 Å². The summed E-state index contributed by atoms with van der Waals surface area (Å²) in [6, 6.07) is 3.10. The average molecular weight is 276 g/mol. The van der Waals surface area contributed by atoms with Crippen molar-refractivity contribution in [3.63, 3.8) is 0 Å². The number of halogens is 2. The van der Waals surface area contributed by atoms with Crippen LogP contribution in [0.5, 0.6) is 5.75 Å². The Morgan fingerprint density at radius 1 is 1.61 bits per heavy atom. The Bertz CT molecular complexity index is 408. The number of alkyl halides is 1. The Balaban J connectivity index is 2.73. The molecule has 1 amide bonds. The molecule has 4 nitrogen and oxygen atoms in total. The molecule has 0 aliphatic rings. The van der Waals surface area contributed by atoms with Crippen LogP contribution in [0.4, 0.5) is 4.39 Å². The van der Waals surface area contributed by atoms with Gasteiger partial charge in [0.15, 0.2) is 0 Å². The number of benzene rings is 1. The highest BCUT2D eigenvalue weighted by molar-refractivity contribution is 6.17. The fraction of sp³-hybridized carbons (Fsp3) is 0.417. The lowest BCUT2D eigenvalue weighted by Crippen LogP contribution is -2.38. The molecule has 0 bridgehead atoms. The monoisotopic (exact) mass is 275 g/mol. The number of hydrogen-bond acceptors (Lipinski definition) is 3. The Hall–Kier alpha value is -1.33. The van der Waals surface area contributed by atoms with Gasteiger partial charge >= 0.3 is 0 Å². The van der Waals surface area contributed by atoms with E-state index in [0.29, 0.717) is 18.9 Å². The van der Waals surface area contributed by atoms with Crippen LogP contribution >= 0.6 is 11.6 Å². The van der Waals surface area contributed by atoms with Crippen LogP contribution in [-0.2, 0) is 4.74 Å². The molecule has 0 aliphatic heterocycles. The minimum Gasteiger partial charge on any atom is -0.508 e. The van der Waals surface area contributed by atoms with Crippen molar-refractivity contribution in [2.45, 2.75) is 12.5 Å². The van der Waals surface area contributed by atoms with Crippen LogP contribution in [0.1, 0.15) is 16.8 Å². The molecule has 0 saturated heterocycles. The summed E-state index contributed by atoms with van der Waals surface area (Å²) < 4.78 is 18.4. The van der Waals surface area contributed by atoms with Crippen LogP contribution in [0, 0.1) is 5.82 Å². The fourth-order valence-electron chi connectivity index (χ4n) is 1.48. The minimum absolute atomic E-state index is 0.122. The molecule has 2 N–H and O–H groups in total. The van der Waals surface area contributed by atoms with Crippen LogP contribution in [0.3, 0.4) is 0 Å². The van der Waals surface area contributed by atoms with Crippen molar-refractivity contribution < 1.29 is 19.0 Å². The summed E-state index contributed by atoms with van der Waals surface area (Å²) in [5.74, 6) is -1.18. The van der Waals surface area contributed by atoms with E-state index >= 15 is 0 Å². The molecule has 18 heavy (non-hydrogen) atoms. The van der Waals surface area contributed by atoms with E-state index in [1.54, 1.807) is 0 Å². The van der Waals surface area contributed by atoms with Gasteiger partial charge in [-0.15, -0.1) is 11.6 Å². The molecular weight excluding hydrogens is 261 g/mol. The lowest BCUT2D eigenvalue weighted by atomic mass is 10.1. The highest BCUT2D eigenvalue weighted by Gasteiger charge is 2.16. The largest absolute Gasteiger partial charge is 0.508 e. The molecule has 100 valence electrons. The second-order valence-corrected chi connectivity index (χ2v) is 4.15. The molecule has 1 aromatic rings. The van der Waals surface area contributed by atoms with E-state index in [1.165, 1.54) is 19.2 Å². The number of nitrogens with one attached hydrogen (secondary N) is 1. The van der Waals surface area contributed by atoms with Crippen molar-refractivity contribution in [3.8, 4) is 5.75 Å². The molecule has 0 spiro atoms. The van der Waals surface area contributed by atoms with Gasteiger partial charge in [-0.1, -0.05) is 0 Å². The third-order valence-corrected chi connectivity index (χ3v) is 2.58. The molecule has 0 aromatic heterocycles. The van der Waals surface area contributed by atoms with Crippen molar-refractivity contribution in [1.29, 1.82) is 0 Å². The number of amides is 1. The summed E-state index contributed by atoms with van der Waals surface area (Å²) in [6.45, 7) is 0.304. The van der Waals surface area contributed by atoms with Gasteiger partial charge in [0.25, 0.3) is 5.91 Å². The summed E-state index contributed by atoms with van der Waals surface area (Å²) in [4.78, 5) is 11.8. The number of phenols is 1. The zero-order valence-corrected chi connectivity index (χ0v) is 10.7. The molecule has 1 atom stereocenters. The van der Waals surface area contributed by atoms with Crippen LogP contribution < -0.4 is 5.32 Å². The van der Waals surface area contributed by atoms with Gasteiger partial charge in [-0.3, -0.25) is 4.79 Å². The molecule has 1 aromatic carbocycles. The quantitative estimate of drug-likeness (QED) is 0.780. The van der Waals surface area contributed by atoms with Crippen LogP contribution in [0.25, 0.3) is 0 Å². The highest BCUT2D eigenvalue weighted by Crippen LogP contribution is 2.15. The van der Waals surface area contributed by atoms with E-state index < -0.39 is 11.7 Å². The van der Waals surface area contributed by atoms with Gasteiger partial charge in [0.05, 0.1) is 18.2 Å². The molecule has 1 unspecified atom stereocenters. The standard InChI is InChI=1S/C12H15ClFNO3/c1-18-7-8(4-5-13)15-12(17)10-3-2-9(16)6-11(10)14/h2-3,6,8,16H,4-5,7H2,1H3,(H,15,17). The average Bonchev–Trinajstić information content (AvgIpc) is 2.29. The molecule has 0 aliphatic carbocycles. The smallest absolute Gasteiger partial charge is 0.254 e. The third-order valence-electron chi connectivity index (χ3n) is 2.36. The Labute approximate surface area is 110 Å². The number of methoxy groups -OCH3 is 1. The molecule has 0 radical (unpaired) electrons. The zero-order valence-electron chi connectivity index (χ0n) is 9.95. The first-order chi connectivity index (χ1) is 8.58. The van der Waals surface area contributed by atoms with E-state index in [9.17, 15) is 9.18 Å². The molecule has 0 saturated carbocycles. The maximum absolute atomic E-state index is 13.4. The van der Waals surface area contributed by atoms with E-state index in [-0.39, 0.29) is 17.4 Å². The number of ether oxygens (including phenoxy) is 1. The van der Waals surface area contributed by atoms with E-state index in [0.717, 1.165) is 6.07 Å². The summed E-state index contributed by atoms with van der Waals surface area (Å²) in [5, 5.41) is 11.7. The Morgan fingerprint density at radius 2 is 2.33 bits per heavy atom. The van der Waals surface area contributed by atoms with Crippen LogP contribution in [0.15, 0.2) is 18.2 Å². The first-order valence-corrected chi connectivity index (χ1v) is 5.96. The predicted molar refractivity (Wildman–Crippen MR) is 66.5 cm³/mol. The summed E-state index contributed by atoms with van der Waals surface area (Å²) in [5.41, 5.74) is -0.122. The first kappa shape index (κ1) is 14.7. The normalized spacial score (nSPS) is 12.2. The SMILES string of the molecule is COCC(CCCl)NC(=O)c1ccc(O)cc1F. The number of aromatic hydroxyl groups is 1. The van der Waals surface area contributed by atoms with E-state index in [4.69, 9.17) is 21.4 Å². The van der Waals surface area contributed by atoms with Crippen molar-refractivity contribution in [1.82, 2.24) is 5.32 Å². The Morgan fingerprint density at radius 3 is 2.89 bits per heavy atom. The van der Waals surface area contributed by atoms with Gasteiger partial charge in [-0.2, -0.15) is 0 Å². The zero-order chi connectivity index (χ0) is 13.5. The lowest BCUT2D eigenvalue weighted by molar-refractivity contribution is 0.0891.